The molecule has 2 unspecified atom stereocenters. The Balaban J connectivity index is 1.15. The van der Waals surface area contributed by atoms with Gasteiger partial charge in [0.05, 0.1) is 29.8 Å². The predicted molar refractivity (Wildman–Crippen MR) is 138 cm³/mol. The van der Waals surface area contributed by atoms with E-state index in [4.69, 9.17) is 21.1 Å². The molecule has 37 heavy (non-hydrogen) atoms. The minimum absolute atomic E-state index is 0.0367. The van der Waals surface area contributed by atoms with E-state index in [9.17, 15) is 14.0 Å². The number of nitrogens with zero attached hydrogens (tertiary/aromatic N) is 2. The van der Waals surface area contributed by atoms with Gasteiger partial charge in [-0.25, -0.2) is 9.18 Å². The van der Waals surface area contributed by atoms with E-state index < -0.39 is 5.82 Å². The molecule has 2 aromatic rings. The highest BCUT2D eigenvalue weighted by Crippen LogP contribution is 2.33. The number of likely N-dealkylation sites (tertiary alicyclic amines) is 2. The number of hydrogen-bond acceptors (Lipinski definition) is 5. The van der Waals surface area contributed by atoms with E-state index in [2.05, 4.69) is 10.2 Å². The summed E-state index contributed by atoms with van der Waals surface area (Å²) in [6.45, 7) is 4.99. The van der Waals surface area contributed by atoms with Crippen molar-refractivity contribution in [3.8, 4) is 0 Å². The van der Waals surface area contributed by atoms with Crippen LogP contribution in [0.4, 0.5) is 9.18 Å². The number of amides is 2. The van der Waals surface area contributed by atoms with Crippen LogP contribution in [0, 0.1) is 17.7 Å². The molecule has 0 radical (unpaired) electrons. The maximum atomic E-state index is 14.3. The number of alkyl carbamates (subject to hydrolysis) is 1. The van der Waals surface area contributed by atoms with Crippen LogP contribution >= 0.6 is 11.6 Å². The van der Waals surface area contributed by atoms with Crippen LogP contribution in [0.1, 0.15) is 41.2 Å². The van der Waals surface area contributed by atoms with E-state index in [1.165, 1.54) is 12.1 Å². The van der Waals surface area contributed by atoms with E-state index in [-0.39, 0.29) is 34.7 Å². The molecule has 0 spiro atoms. The number of benzene rings is 2. The van der Waals surface area contributed by atoms with E-state index in [0.29, 0.717) is 38.1 Å². The summed E-state index contributed by atoms with van der Waals surface area (Å²) in [5, 5.41) is 3.23. The molecule has 2 amide bonds. The third kappa shape index (κ3) is 6.25. The van der Waals surface area contributed by atoms with Crippen LogP contribution in [-0.4, -0.2) is 73.8 Å². The first-order chi connectivity index (χ1) is 18.0. The van der Waals surface area contributed by atoms with Gasteiger partial charge in [0, 0.05) is 45.6 Å². The molecule has 198 valence electrons. The summed E-state index contributed by atoms with van der Waals surface area (Å²) >= 11 is 6.12. The van der Waals surface area contributed by atoms with Gasteiger partial charge in [-0.2, -0.15) is 0 Å². The quantitative estimate of drug-likeness (QED) is 0.571. The zero-order valence-electron chi connectivity index (χ0n) is 20.8. The highest BCUT2D eigenvalue weighted by atomic mass is 35.5. The topological polar surface area (TPSA) is 71.1 Å². The van der Waals surface area contributed by atoms with Gasteiger partial charge in [0.25, 0.3) is 5.91 Å². The molecule has 0 bridgehead atoms. The largest absolute Gasteiger partial charge is 0.446 e. The Labute approximate surface area is 221 Å². The van der Waals surface area contributed by atoms with E-state index in [0.717, 1.165) is 44.5 Å². The molecule has 7 nitrogen and oxygen atoms in total. The van der Waals surface area contributed by atoms with E-state index >= 15 is 0 Å². The third-order valence-electron chi connectivity index (χ3n) is 7.70. The molecule has 1 N–H and O–H groups in total. The number of rotatable bonds is 7. The second-order valence-electron chi connectivity index (χ2n) is 10.2. The molecule has 2 aromatic carbocycles. The number of carbonyl (C=O) groups excluding carboxylic acids is 2. The summed E-state index contributed by atoms with van der Waals surface area (Å²) in [5.41, 5.74) is 1.01. The van der Waals surface area contributed by atoms with Gasteiger partial charge in [0.1, 0.15) is 11.9 Å². The number of hydrogen-bond donors (Lipinski definition) is 1. The van der Waals surface area contributed by atoms with Gasteiger partial charge in [-0.05, 0) is 36.0 Å². The van der Waals surface area contributed by atoms with Gasteiger partial charge in [-0.1, -0.05) is 48.0 Å². The molecule has 0 aromatic heterocycles. The first-order valence-corrected chi connectivity index (χ1v) is 13.4. The van der Waals surface area contributed by atoms with Gasteiger partial charge >= 0.3 is 6.09 Å². The summed E-state index contributed by atoms with van der Waals surface area (Å²) in [6, 6.07) is 14.1. The molecule has 3 saturated heterocycles. The molecule has 5 rings (SSSR count). The lowest BCUT2D eigenvalue weighted by Gasteiger charge is -2.26. The van der Waals surface area contributed by atoms with Crippen molar-refractivity contribution in [3.05, 3.63) is 70.5 Å². The van der Waals surface area contributed by atoms with Gasteiger partial charge in [0.15, 0.2) is 0 Å². The van der Waals surface area contributed by atoms with Crippen LogP contribution in [0.15, 0.2) is 48.5 Å². The lowest BCUT2D eigenvalue weighted by molar-refractivity contribution is 0.000615. The monoisotopic (exact) mass is 529 g/mol. The molecule has 0 aliphatic carbocycles. The number of fused-ring (bicyclic) bond motifs is 1. The number of ether oxygens (including phenoxy) is 2. The summed E-state index contributed by atoms with van der Waals surface area (Å²) in [7, 11) is 0. The lowest BCUT2D eigenvalue weighted by atomic mass is 10.0. The first kappa shape index (κ1) is 25.9. The third-order valence-corrected chi connectivity index (χ3v) is 8.01. The highest BCUT2D eigenvalue weighted by Gasteiger charge is 2.42. The predicted octanol–water partition coefficient (Wildman–Crippen LogP) is 4.52. The standard InChI is InChI=1S/C28H33ClFN3O4/c29-23-7-4-8-24(30)26(23)27(34)33-17-20-15-32(16-21(20)18-33)12-9-25(19-5-2-1-3-6-19)31-28(35)37-22-10-13-36-14-11-22/h1-8,20-22,25H,9-18H2,(H,31,35)/t20-,21?,25?/m0/s1. The van der Waals surface area contributed by atoms with Crippen LogP contribution < -0.4 is 5.32 Å². The maximum Gasteiger partial charge on any atom is 0.407 e. The van der Waals surface area contributed by atoms with Crippen molar-refractivity contribution in [1.29, 1.82) is 0 Å². The fourth-order valence-corrected chi connectivity index (χ4v) is 5.98. The highest BCUT2D eigenvalue weighted by molar-refractivity contribution is 6.33. The van der Waals surface area contributed by atoms with Crippen LogP contribution in [-0.2, 0) is 9.47 Å². The van der Waals surface area contributed by atoms with Crippen LogP contribution in [0.25, 0.3) is 0 Å². The lowest BCUT2D eigenvalue weighted by Crippen LogP contribution is -2.37. The van der Waals surface area contributed by atoms with E-state index in [1.807, 2.05) is 30.3 Å². The second-order valence-corrected chi connectivity index (χ2v) is 10.6. The zero-order valence-corrected chi connectivity index (χ0v) is 21.5. The van der Waals surface area contributed by atoms with Crippen molar-refractivity contribution >= 4 is 23.6 Å². The minimum atomic E-state index is -0.578. The molecule has 3 aliphatic heterocycles. The molecule has 0 saturated carbocycles. The van der Waals surface area contributed by atoms with Crippen molar-refractivity contribution in [2.45, 2.75) is 31.4 Å². The Hall–Kier alpha value is -2.68. The smallest absolute Gasteiger partial charge is 0.407 e. The van der Waals surface area contributed by atoms with Crippen molar-refractivity contribution in [3.63, 3.8) is 0 Å². The molecule has 3 fully saturated rings. The molecule has 3 heterocycles. The average molecular weight is 530 g/mol. The van der Waals surface area contributed by atoms with Gasteiger partial charge in [0.2, 0.25) is 0 Å². The summed E-state index contributed by atoms with van der Waals surface area (Å²) in [6.07, 6.45) is 1.71. The van der Waals surface area contributed by atoms with Gasteiger partial charge in [-0.3, -0.25) is 4.79 Å². The molecular formula is C28H33ClFN3O4. The molecule has 9 heteroatoms. The Morgan fingerprint density at radius 2 is 1.73 bits per heavy atom. The Morgan fingerprint density at radius 1 is 1.03 bits per heavy atom. The number of carbonyl (C=O) groups is 2. The maximum absolute atomic E-state index is 14.3. The average Bonchev–Trinajstić information content (AvgIpc) is 3.47. The molecule has 3 atom stereocenters. The zero-order chi connectivity index (χ0) is 25.8. The van der Waals surface area contributed by atoms with Crippen LogP contribution in [0.5, 0.6) is 0 Å². The van der Waals surface area contributed by atoms with E-state index in [1.54, 1.807) is 11.0 Å². The Kier molecular flexibility index (Phi) is 8.27. The van der Waals surface area contributed by atoms with Crippen molar-refractivity contribution < 1.29 is 23.5 Å². The Bertz CT molecular complexity index is 1060. The van der Waals surface area contributed by atoms with Crippen LogP contribution in [0.3, 0.4) is 0 Å². The number of nitrogens with one attached hydrogen (secondary N) is 1. The van der Waals surface area contributed by atoms with Crippen molar-refractivity contribution in [1.82, 2.24) is 15.1 Å². The normalized spacial score (nSPS) is 23.0. The molecule has 3 aliphatic rings. The SMILES string of the molecule is O=C(NC(CCN1CC2CN(C(=O)c3c(F)cccc3Cl)C[C@@H]2C1)c1ccccc1)OC1CCOCC1. The summed E-state index contributed by atoms with van der Waals surface area (Å²) in [5.74, 6) is -0.223. The van der Waals surface area contributed by atoms with Gasteiger partial charge < -0.3 is 24.6 Å². The Morgan fingerprint density at radius 3 is 2.41 bits per heavy atom. The fraction of sp³-hybridized carbons (Fsp3) is 0.500. The van der Waals surface area contributed by atoms with Crippen molar-refractivity contribution in [2.24, 2.45) is 11.8 Å². The summed E-state index contributed by atoms with van der Waals surface area (Å²) < 4.78 is 25.3. The fourth-order valence-electron chi connectivity index (χ4n) is 5.74. The van der Waals surface area contributed by atoms with Crippen molar-refractivity contribution in [2.75, 3.05) is 45.9 Å². The first-order valence-electron chi connectivity index (χ1n) is 13.0. The minimum Gasteiger partial charge on any atom is -0.446 e. The number of halogens is 2. The van der Waals surface area contributed by atoms with Gasteiger partial charge in [-0.15, -0.1) is 0 Å². The van der Waals surface area contributed by atoms with Crippen LogP contribution in [0.2, 0.25) is 5.02 Å². The summed E-state index contributed by atoms with van der Waals surface area (Å²) in [4.78, 5) is 29.7. The molecular weight excluding hydrogens is 497 g/mol. The second kappa shape index (κ2) is 11.8.